The summed E-state index contributed by atoms with van der Waals surface area (Å²) in [4.78, 5) is 10.0. The van der Waals surface area contributed by atoms with Crippen LogP contribution >= 0.6 is 0 Å². The summed E-state index contributed by atoms with van der Waals surface area (Å²) in [5, 5.41) is 24.9. The van der Waals surface area contributed by atoms with Gasteiger partial charge in [0.05, 0.1) is 60.9 Å². The molecule has 0 spiro atoms. The minimum atomic E-state index is -0.390. The zero-order valence-corrected chi connectivity index (χ0v) is 47.0. The number of hydrogen-bond donors (Lipinski definition) is 2. The Labute approximate surface area is 477 Å². The number of ether oxygens (including phenoxy) is 8. The number of nitrogens with zero attached hydrogens (tertiary/aromatic N) is 10. The number of aromatic nitrogens is 10. The summed E-state index contributed by atoms with van der Waals surface area (Å²) in [6.45, 7) is 9.50. The van der Waals surface area contributed by atoms with E-state index in [0.717, 1.165) is 159 Å². The molecule has 10 heterocycles. The van der Waals surface area contributed by atoms with Crippen LogP contribution in [0.1, 0.15) is 132 Å². The van der Waals surface area contributed by atoms with Crippen molar-refractivity contribution in [3.8, 4) is 34.3 Å². The molecular weight excluding hydrogens is 1040 g/mol. The summed E-state index contributed by atoms with van der Waals surface area (Å²) in [5.74, 6) is 4.76. The van der Waals surface area contributed by atoms with Crippen molar-refractivity contribution in [2.45, 2.75) is 133 Å². The predicted octanol–water partition coefficient (Wildman–Crippen LogP) is 9.43. The fraction of sp³-hybridized carbons (Fsp3) is 0.516. The van der Waals surface area contributed by atoms with Gasteiger partial charge in [0.25, 0.3) is 0 Å². The fourth-order valence-electron chi connectivity index (χ4n) is 11.8. The van der Waals surface area contributed by atoms with Gasteiger partial charge in [0.1, 0.15) is 36.4 Å². The Bertz CT molecular complexity index is 3380. The monoisotopic (exact) mass is 1120 g/mol. The van der Waals surface area contributed by atoms with Crippen LogP contribution in [0.4, 0.5) is 0 Å². The van der Waals surface area contributed by atoms with Gasteiger partial charge in [0.15, 0.2) is 36.6 Å². The second-order valence-corrected chi connectivity index (χ2v) is 23.0. The zero-order chi connectivity index (χ0) is 55.3. The summed E-state index contributed by atoms with van der Waals surface area (Å²) in [6.07, 6.45) is 17.9. The Balaban J connectivity index is 0.000000154. The van der Waals surface area contributed by atoms with Crippen molar-refractivity contribution >= 4 is 21.8 Å². The van der Waals surface area contributed by atoms with E-state index in [1.54, 1.807) is 0 Å². The molecule has 6 aliphatic heterocycles. The quantitative estimate of drug-likeness (QED) is 0.0820. The number of likely N-dealkylation sites (N-methyl/N-ethyl adjacent to an activating group) is 1. The fourth-order valence-corrected chi connectivity index (χ4v) is 11.8. The third kappa shape index (κ3) is 12.2. The van der Waals surface area contributed by atoms with Gasteiger partial charge in [-0.25, -0.2) is 28.7 Å². The molecule has 20 heteroatoms. The third-order valence-corrected chi connectivity index (χ3v) is 16.5. The number of nitrogens with one attached hydrogen (secondary N) is 1. The normalized spacial score (nSPS) is 22.5. The SMILES string of the molecule is CCNC1(COc2ccc(-c3nc(Cc4ccc5c(cnn5C5CCCCO5)c4)n(C4CCCCO4)n3)cc2)COC1.NC1(COc2ccc(-c3nc(Cc4ccc5c(cnn5C5CCCCO5)c4)n(C4CCCCO4)n3)cc2)COC1. The van der Waals surface area contributed by atoms with E-state index >= 15 is 0 Å². The van der Waals surface area contributed by atoms with E-state index in [-0.39, 0.29) is 36.0 Å². The van der Waals surface area contributed by atoms with Crippen molar-refractivity contribution < 1.29 is 37.9 Å². The first-order chi connectivity index (χ1) is 40.3. The summed E-state index contributed by atoms with van der Waals surface area (Å²) < 4.78 is 54.9. The molecule has 14 rings (SSSR count). The Morgan fingerprint density at radius 2 is 0.951 bits per heavy atom. The first-order valence-electron chi connectivity index (χ1n) is 29.8. The molecule has 4 aromatic heterocycles. The Morgan fingerprint density at radius 3 is 1.33 bits per heavy atom. The first kappa shape index (κ1) is 54.6. The smallest absolute Gasteiger partial charge is 0.181 e. The van der Waals surface area contributed by atoms with E-state index < -0.39 is 0 Å². The maximum absolute atomic E-state index is 6.20. The van der Waals surface area contributed by atoms with Gasteiger partial charge < -0.3 is 48.9 Å². The molecule has 8 aromatic rings. The van der Waals surface area contributed by atoms with Gasteiger partial charge in [-0.1, -0.05) is 19.1 Å². The van der Waals surface area contributed by atoms with Crippen LogP contribution in [0.3, 0.4) is 0 Å². The van der Waals surface area contributed by atoms with Crippen LogP contribution in [0, 0.1) is 0 Å². The van der Waals surface area contributed by atoms with Crippen LogP contribution in [-0.4, -0.2) is 133 Å². The van der Waals surface area contributed by atoms with E-state index in [0.29, 0.717) is 64.1 Å². The van der Waals surface area contributed by atoms with Crippen molar-refractivity contribution in [1.82, 2.24) is 54.4 Å². The highest BCUT2D eigenvalue weighted by atomic mass is 16.5. The Kier molecular flexibility index (Phi) is 16.4. The topological polar surface area (TPSA) is 209 Å². The van der Waals surface area contributed by atoms with E-state index in [1.807, 2.05) is 79.7 Å². The average Bonchev–Trinajstić information content (AvgIpc) is 4.44. The lowest BCUT2D eigenvalue weighted by Crippen LogP contribution is -2.63. The van der Waals surface area contributed by atoms with Crippen LogP contribution < -0.4 is 20.5 Å². The van der Waals surface area contributed by atoms with Gasteiger partial charge in [0.2, 0.25) is 0 Å². The summed E-state index contributed by atoms with van der Waals surface area (Å²) in [6, 6.07) is 29.0. The number of benzene rings is 4. The van der Waals surface area contributed by atoms with Crippen molar-refractivity contribution in [3.05, 3.63) is 120 Å². The molecule has 4 unspecified atom stereocenters. The Hall–Kier alpha value is -6.62. The van der Waals surface area contributed by atoms with E-state index in [4.69, 9.17) is 63.8 Å². The summed E-state index contributed by atoms with van der Waals surface area (Å²) >= 11 is 0. The molecule has 6 aliphatic rings. The first-order valence-corrected chi connectivity index (χ1v) is 29.8. The molecule has 6 saturated heterocycles. The summed E-state index contributed by atoms with van der Waals surface area (Å²) in [5.41, 5.74) is 12.1. The van der Waals surface area contributed by atoms with Crippen LogP contribution in [0.15, 0.2) is 97.3 Å². The number of fused-ring (bicyclic) bond motifs is 2. The van der Waals surface area contributed by atoms with Gasteiger partial charge in [-0.3, -0.25) is 0 Å². The average molecular weight is 1120 g/mol. The lowest BCUT2D eigenvalue weighted by Gasteiger charge is -2.41. The lowest BCUT2D eigenvalue weighted by atomic mass is 9.99. The molecule has 20 nitrogen and oxygen atoms in total. The summed E-state index contributed by atoms with van der Waals surface area (Å²) in [7, 11) is 0. The zero-order valence-electron chi connectivity index (χ0n) is 47.0. The van der Waals surface area contributed by atoms with Crippen molar-refractivity contribution in [3.63, 3.8) is 0 Å². The molecule has 0 amide bonds. The van der Waals surface area contributed by atoms with Gasteiger partial charge in [-0.05, 0) is 168 Å². The minimum Gasteiger partial charge on any atom is -0.491 e. The molecule has 0 aliphatic carbocycles. The maximum Gasteiger partial charge on any atom is 0.181 e. The molecule has 0 bridgehead atoms. The minimum absolute atomic E-state index is 0.0200. The number of hydrogen-bond acceptors (Lipinski definition) is 16. The second kappa shape index (κ2) is 24.7. The van der Waals surface area contributed by atoms with E-state index in [1.165, 1.54) is 18.4 Å². The molecule has 82 heavy (non-hydrogen) atoms. The molecule has 4 atom stereocenters. The van der Waals surface area contributed by atoms with Gasteiger partial charge in [-0.2, -0.15) is 10.2 Å². The molecule has 432 valence electrons. The highest BCUT2D eigenvalue weighted by Crippen LogP contribution is 2.33. The van der Waals surface area contributed by atoms with Crippen LogP contribution in [0.2, 0.25) is 0 Å². The van der Waals surface area contributed by atoms with Crippen LogP contribution in [0.25, 0.3) is 44.6 Å². The number of nitrogens with two attached hydrogens (primary N) is 1. The standard InChI is InChI=1S/C32H40N6O4.C30H36N6O4/c1-2-33-32(20-39-21-32)22-42-26-12-10-24(11-13-26)31-35-28(38(36-31)30-8-4-6-16-41-30)18-23-9-14-27-25(17-23)19-34-37(27)29-7-3-5-15-40-29;31-30(18-37-19-30)20-40-24-10-8-22(9-11-24)29-33-26(36(34-29)28-6-2-4-14-39-28)16-21-7-12-25-23(15-21)17-32-35(25)27-5-1-3-13-38-27/h9-14,17,19,29-30,33H,2-8,15-16,18,20-22H2,1H3;7-12,15,17,27-28H,1-6,13-14,16,18-20,31H2. The van der Waals surface area contributed by atoms with Gasteiger partial charge >= 0.3 is 0 Å². The van der Waals surface area contributed by atoms with E-state index in [2.05, 4.69) is 58.8 Å². The molecule has 0 radical (unpaired) electrons. The van der Waals surface area contributed by atoms with Crippen LogP contribution in [-0.2, 0) is 41.3 Å². The largest absolute Gasteiger partial charge is 0.491 e. The highest BCUT2D eigenvalue weighted by Gasteiger charge is 2.39. The molecule has 4 aromatic carbocycles. The van der Waals surface area contributed by atoms with E-state index in [9.17, 15) is 0 Å². The van der Waals surface area contributed by atoms with Crippen molar-refractivity contribution in [2.24, 2.45) is 5.73 Å². The number of rotatable bonds is 18. The molecule has 6 fully saturated rings. The van der Waals surface area contributed by atoms with Crippen LogP contribution in [0.5, 0.6) is 11.5 Å². The highest BCUT2D eigenvalue weighted by molar-refractivity contribution is 5.80. The maximum atomic E-state index is 6.20. The van der Waals surface area contributed by atoms with Gasteiger partial charge in [-0.15, -0.1) is 10.2 Å². The Morgan fingerprint density at radius 1 is 0.524 bits per heavy atom. The third-order valence-electron chi connectivity index (χ3n) is 16.5. The second-order valence-electron chi connectivity index (χ2n) is 23.0. The molecular formula is C62H76N12O8. The van der Waals surface area contributed by atoms with Crippen molar-refractivity contribution in [2.75, 3.05) is 72.6 Å². The van der Waals surface area contributed by atoms with Gasteiger partial charge in [0, 0.05) is 61.2 Å². The lowest BCUT2D eigenvalue weighted by molar-refractivity contribution is -0.0918. The molecule has 0 saturated carbocycles. The van der Waals surface area contributed by atoms with Crippen molar-refractivity contribution in [1.29, 1.82) is 0 Å². The molecule has 3 N–H and O–H groups in total. The predicted molar refractivity (Wildman–Crippen MR) is 307 cm³/mol.